The second-order valence-corrected chi connectivity index (χ2v) is 5.05. The Morgan fingerprint density at radius 3 is 2.68 bits per heavy atom. The Labute approximate surface area is 111 Å². The normalized spacial score (nSPS) is 25.3. The molecule has 6 heteroatoms. The van der Waals surface area contributed by atoms with E-state index in [1.54, 1.807) is 0 Å². The van der Waals surface area contributed by atoms with Crippen molar-refractivity contribution in [1.29, 1.82) is 0 Å². The van der Waals surface area contributed by atoms with Gasteiger partial charge in [-0.15, -0.1) is 0 Å². The number of rotatable bonds is 3. The molecule has 1 aromatic rings. The average molecular weight is 275 g/mol. The van der Waals surface area contributed by atoms with E-state index in [4.69, 9.17) is 0 Å². The van der Waals surface area contributed by atoms with Gasteiger partial charge >= 0.3 is 6.18 Å². The summed E-state index contributed by atoms with van der Waals surface area (Å²) >= 11 is 0. The number of nitrogens with one attached hydrogen (secondary N) is 1. The molecule has 2 atom stereocenters. The number of nitrogens with zero attached hydrogens (tertiary/aromatic N) is 2. The van der Waals surface area contributed by atoms with Crippen LogP contribution in [0.15, 0.2) is 12.3 Å². The van der Waals surface area contributed by atoms with Crippen LogP contribution in [0.2, 0.25) is 0 Å². The fourth-order valence-electron chi connectivity index (χ4n) is 2.78. The van der Waals surface area contributed by atoms with Crippen molar-refractivity contribution in [3.63, 3.8) is 0 Å². The summed E-state index contributed by atoms with van der Waals surface area (Å²) in [4.78, 5) is 0. The third-order valence-electron chi connectivity index (χ3n) is 3.68. The molecule has 0 aromatic carbocycles. The van der Waals surface area contributed by atoms with Gasteiger partial charge in [0.2, 0.25) is 0 Å². The van der Waals surface area contributed by atoms with Gasteiger partial charge in [0.25, 0.3) is 0 Å². The molecule has 19 heavy (non-hydrogen) atoms. The topological polar surface area (TPSA) is 29.9 Å². The summed E-state index contributed by atoms with van der Waals surface area (Å²) < 4.78 is 39.3. The van der Waals surface area contributed by atoms with Crippen molar-refractivity contribution in [2.75, 3.05) is 6.54 Å². The van der Waals surface area contributed by atoms with Crippen molar-refractivity contribution >= 4 is 0 Å². The van der Waals surface area contributed by atoms with Crippen molar-refractivity contribution in [2.24, 2.45) is 0 Å². The number of halogens is 3. The minimum atomic E-state index is -4.36. The highest BCUT2D eigenvalue weighted by Crippen LogP contribution is 2.31. The molecule has 1 saturated carbocycles. The molecule has 0 amide bonds. The maximum atomic E-state index is 12.6. The summed E-state index contributed by atoms with van der Waals surface area (Å²) in [7, 11) is 0. The first-order valence-corrected chi connectivity index (χ1v) is 6.88. The van der Waals surface area contributed by atoms with Gasteiger partial charge < -0.3 is 5.32 Å². The second kappa shape index (κ2) is 5.94. The SMILES string of the molecule is CCNC1CCCCCC1n1ccc(C(F)(F)F)n1. The fraction of sp³-hybridized carbons (Fsp3) is 0.769. The summed E-state index contributed by atoms with van der Waals surface area (Å²) in [5, 5.41) is 7.11. The minimum Gasteiger partial charge on any atom is -0.312 e. The van der Waals surface area contributed by atoms with Crippen LogP contribution in [0.25, 0.3) is 0 Å². The Kier molecular flexibility index (Phi) is 4.50. The lowest BCUT2D eigenvalue weighted by atomic mass is 10.0. The van der Waals surface area contributed by atoms with Crippen LogP contribution in [0.3, 0.4) is 0 Å². The first-order valence-electron chi connectivity index (χ1n) is 6.88. The van der Waals surface area contributed by atoms with Crippen LogP contribution in [0.1, 0.15) is 50.8 Å². The van der Waals surface area contributed by atoms with Crippen molar-refractivity contribution in [3.8, 4) is 0 Å². The van der Waals surface area contributed by atoms with E-state index >= 15 is 0 Å². The van der Waals surface area contributed by atoms with Crippen LogP contribution in [0, 0.1) is 0 Å². The van der Waals surface area contributed by atoms with Crippen molar-refractivity contribution in [3.05, 3.63) is 18.0 Å². The first kappa shape index (κ1) is 14.4. The highest BCUT2D eigenvalue weighted by Gasteiger charge is 2.35. The third-order valence-corrected chi connectivity index (χ3v) is 3.68. The Bertz CT molecular complexity index is 400. The molecule has 0 saturated heterocycles. The van der Waals surface area contributed by atoms with Gasteiger partial charge in [-0.05, 0) is 25.5 Å². The average Bonchev–Trinajstić information content (AvgIpc) is 2.72. The number of hydrogen-bond acceptors (Lipinski definition) is 2. The summed E-state index contributed by atoms with van der Waals surface area (Å²) in [6, 6.07) is 1.31. The summed E-state index contributed by atoms with van der Waals surface area (Å²) in [5.41, 5.74) is -0.799. The molecule has 1 aromatic heterocycles. The Balaban J connectivity index is 2.18. The van der Waals surface area contributed by atoms with Gasteiger partial charge in [0.1, 0.15) is 0 Å². The van der Waals surface area contributed by atoms with E-state index in [9.17, 15) is 13.2 Å². The van der Waals surface area contributed by atoms with Gasteiger partial charge in [-0.25, -0.2) is 0 Å². The van der Waals surface area contributed by atoms with Gasteiger partial charge in [0.05, 0.1) is 6.04 Å². The Morgan fingerprint density at radius 1 is 1.32 bits per heavy atom. The molecule has 1 fully saturated rings. The molecule has 108 valence electrons. The predicted octanol–water partition coefficient (Wildman–Crippen LogP) is 3.39. The quantitative estimate of drug-likeness (QED) is 0.857. The van der Waals surface area contributed by atoms with Crippen molar-refractivity contribution in [1.82, 2.24) is 15.1 Å². The molecule has 0 spiro atoms. The zero-order valence-corrected chi connectivity index (χ0v) is 11.1. The first-order chi connectivity index (χ1) is 9.02. The van der Waals surface area contributed by atoms with E-state index in [1.165, 1.54) is 10.9 Å². The largest absolute Gasteiger partial charge is 0.435 e. The summed E-state index contributed by atoms with van der Waals surface area (Å²) in [5.74, 6) is 0. The number of aromatic nitrogens is 2. The van der Waals surface area contributed by atoms with Crippen LogP contribution in [-0.2, 0) is 6.18 Å². The molecular weight excluding hydrogens is 255 g/mol. The smallest absolute Gasteiger partial charge is 0.312 e. The zero-order valence-electron chi connectivity index (χ0n) is 11.1. The Morgan fingerprint density at radius 2 is 2.05 bits per heavy atom. The highest BCUT2D eigenvalue weighted by molar-refractivity contribution is 5.04. The number of hydrogen-bond donors (Lipinski definition) is 1. The van der Waals surface area contributed by atoms with Gasteiger partial charge in [-0.3, -0.25) is 4.68 Å². The molecule has 1 N–H and O–H groups in total. The van der Waals surface area contributed by atoms with Gasteiger partial charge in [0, 0.05) is 12.2 Å². The maximum absolute atomic E-state index is 12.6. The van der Waals surface area contributed by atoms with Crippen LogP contribution in [0.4, 0.5) is 13.2 Å². The number of alkyl halides is 3. The van der Waals surface area contributed by atoms with Crippen LogP contribution < -0.4 is 5.32 Å². The lowest BCUT2D eigenvalue weighted by Gasteiger charge is -2.26. The van der Waals surface area contributed by atoms with E-state index < -0.39 is 11.9 Å². The monoisotopic (exact) mass is 275 g/mol. The van der Waals surface area contributed by atoms with Gasteiger partial charge in [-0.2, -0.15) is 18.3 Å². The van der Waals surface area contributed by atoms with Crippen molar-refractivity contribution < 1.29 is 13.2 Å². The molecule has 0 radical (unpaired) electrons. The molecule has 0 bridgehead atoms. The molecule has 1 aliphatic rings. The molecule has 2 rings (SSSR count). The van der Waals surface area contributed by atoms with E-state index in [-0.39, 0.29) is 12.1 Å². The van der Waals surface area contributed by atoms with Gasteiger partial charge in [-0.1, -0.05) is 26.2 Å². The van der Waals surface area contributed by atoms with Crippen LogP contribution in [0.5, 0.6) is 0 Å². The summed E-state index contributed by atoms with van der Waals surface area (Å²) in [6.07, 6.45) is 2.31. The molecule has 2 unspecified atom stereocenters. The van der Waals surface area contributed by atoms with E-state index in [2.05, 4.69) is 10.4 Å². The molecule has 1 aliphatic carbocycles. The Hall–Kier alpha value is -1.04. The highest BCUT2D eigenvalue weighted by atomic mass is 19.4. The van der Waals surface area contributed by atoms with Crippen LogP contribution in [-0.4, -0.2) is 22.4 Å². The lowest BCUT2D eigenvalue weighted by Crippen LogP contribution is -2.37. The molecular formula is C13H20F3N3. The molecule has 1 heterocycles. The fourth-order valence-corrected chi connectivity index (χ4v) is 2.78. The number of likely N-dealkylation sites (N-methyl/N-ethyl adjacent to an activating group) is 1. The summed E-state index contributed by atoms with van der Waals surface area (Å²) in [6.45, 7) is 2.85. The zero-order chi connectivity index (χ0) is 13.9. The van der Waals surface area contributed by atoms with Crippen molar-refractivity contribution in [2.45, 2.75) is 57.3 Å². The van der Waals surface area contributed by atoms with E-state index in [1.807, 2.05) is 6.92 Å². The third kappa shape index (κ3) is 3.49. The maximum Gasteiger partial charge on any atom is 0.435 e. The van der Waals surface area contributed by atoms with Crippen LogP contribution >= 0.6 is 0 Å². The van der Waals surface area contributed by atoms with E-state index in [0.29, 0.717) is 0 Å². The lowest BCUT2D eigenvalue weighted by molar-refractivity contribution is -0.141. The standard InChI is InChI=1S/C13H20F3N3/c1-2-17-10-6-4-3-5-7-11(10)19-9-8-12(18-19)13(14,15)16/h8-11,17H,2-7H2,1H3. The minimum absolute atomic E-state index is 0.0264. The predicted molar refractivity (Wildman–Crippen MR) is 66.8 cm³/mol. The second-order valence-electron chi connectivity index (χ2n) is 5.05. The molecule has 3 nitrogen and oxygen atoms in total. The molecule has 0 aliphatic heterocycles. The van der Waals surface area contributed by atoms with E-state index in [0.717, 1.165) is 44.7 Å². The van der Waals surface area contributed by atoms with Gasteiger partial charge in [0.15, 0.2) is 5.69 Å².